The van der Waals surface area contributed by atoms with Crippen LogP contribution in [0.3, 0.4) is 0 Å². The minimum atomic E-state index is -2.97. The summed E-state index contributed by atoms with van der Waals surface area (Å²) in [6.07, 6.45) is -5.43. The van der Waals surface area contributed by atoms with Crippen LogP contribution in [0.5, 0.6) is 0 Å². The number of carboxylic acids is 6. The number of carbonyl (C=O) groups is 6. The van der Waals surface area contributed by atoms with Gasteiger partial charge in [0, 0.05) is 49.6 Å². The molecule has 0 aromatic carbocycles. The van der Waals surface area contributed by atoms with Gasteiger partial charge in [-0.3, -0.25) is 0 Å². The van der Waals surface area contributed by atoms with Crippen molar-refractivity contribution in [1.82, 2.24) is 0 Å². The van der Waals surface area contributed by atoms with E-state index in [1.807, 2.05) is 0 Å². The third-order valence-electron chi connectivity index (χ3n) is 2.51. The van der Waals surface area contributed by atoms with Crippen molar-refractivity contribution in [2.24, 2.45) is 0 Å². The van der Waals surface area contributed by atoms with Crippen LogP contribution in [0.25, 0.3) is 0 Å². The molecule has 0 saturated carbocycles. The fourth-order valence-electron chi connectivity index (χ4n) is 1.37. The first-order valence-electron chi connectivity index (χ1n) is 6.23. The van der Waals surface area contributed by atoms with Crippen LogP contribution in [-0.4, -0.2) is 57.2 Å². The van der Waals surface area contributed by atoms with Gasteiger partial charge in [-0.05, 0) is 0 Å². The molecule has 0 aliphatic rings. The summed E-state index contributed by atoms with van der Waals surface area (Å²) in [5.41, 5.74) is -5.95. The Balaban J connectivity index is -0.000000192. The molecule has 0 bridgehead atoms. The minimum absolute atomic E-state index is 0. The normalized spacial score (nSPS) is 10.1. The van der Waals surface area contributed by atoms with Gasteiger partial charge in [-0.2, -0.15) is 0 Å². The molecular weight excluding hydrogens is 647 g/mol. The van der Waals surface area contributed by atoms with E-state index in [2.05, 4.69) is 0 Å². The summed E-state index contributed by atoms with van der Waals surface area (Å²) in [4.78, 5) is 60.0. The Morgan fingerprint density at radius 1 is 0.536 bits per heavy atom. The fourth-order valence-corrected chi connectivity index (χ4v) is 1.37. The van der Waals surface area contributed by atoms with E-state index in [-0.39, 0.29) is 77.3 Å². The summed E-state index contributed by atoms with van der Waals surface area (Å²) in [5.74, 6) is -12.0. The smallest absolute Gasteiger partial charge is 0.550 e. The molecule has 0 amide bonds. The number of aliphatic carboxylic acids is 6. The van der Waals surface area contributed by atoms with Crippen molar-refractivity contribution in [2.45, 2.75) is 36.9 Å². The van der Waals surface area contributed by atoms with Crippen molar-refractivity contribution in [2.75, 3.05) is 0 Å². The molecular formula is C12H10CeLaO14. The third kappa shape index (κ3) is 15.3. The second kappa shape index (κ2) is 15.2. The zero-order valence-electron chi connectivity index (χ0n) is 13.7. The van der Waals surface area contributed by atoms with Crippen molar-refractivity contribution in [3.63, 3.8) is 0 Å². The van der Waals surface area contributed by atoms with Gasteiger partial charge in [-0.25, -0.2) is 0 Å². The number of carbonyl (C=O) groups excluding carboxylic acids is 6. The van der Waals surface area contributed by atoms with E-state index in [4.69, 9.17) is 10.2 Å². The van der Waals surface area contributed by atoms with Crippen molar-refractivity contribution >= 4 is 35.8 Å². The Kier molecular flexibility index (Phi) is 18.9. The van der Waals surface area contributed by atoms with Gasteiger partial charge in [0.05, 0.1) is 11.9 Å². The average Bonchev–Trinajstić information content (AvgIpc) is 2.34. The van der Waals surface area contributed by atoms with Crippen molar-refractivity contribution in [1.29, 1.82) is 0 Å². The van der Waals surface area contributed by atoms with Crippen LogP contribution < -0.4 is 30.6 Å². The van der Waals surface area contributed by atoms with Gasteiger partial charge in [0.1, 0.15) is 11.2 Å². The molecule has 0 heterocycles. The van der Waals surface area contributed by atoms with Crippen molar-refractivity contribution < 1.29 is 147 Å². The van der Waals surface area contributed by atoms with Crippen LogP contribution in [0.1, 0.15) is 25.7 Å². The van der Waals surface area contributed by atoms with E-state index < -0.39 is 72.7 Å². The number of rotatable bonds is 10. The van der Waals surface area contributed by atoms with Crippen LogP contribution in [0, 0.1) is 77.3 Å². The summed E-state index contributed by atoms with van der Waals surface area (Å²) in [5, 5.41) is 77.9. The van der Waals surface area contributed by atoms with Gasteiger partial charge in [0.2, 0.25) is 0 Å². The molecule has 14 nitrogen and oxygen atoms in total. The van der Waals surface area contributed by atoms with Gasteiger partial charge < -0.3 is 69.6 Å². The molecule has 0 aliphatic heterocycles. The van der Waals surface area contributed by atoms with E-state index in [1.54, 1.807) is 0 Å². The molecule has 0 atom stereocenters. The van der Waals surface area contributed by atoms with E-state index in [0.717, 1.165) is 0 Å². The maximum absolute atomic E-state index is 10.1. The second-order valence-corrected chi connectivity index (χ2v) is 4.83. The monoisotopic (exact) mass is 657 g/mol. The van der Waals surface area contributed by atoms with E-state index >= 15 is 0 Å². The van der Waals surface area contributed by atoms with E-state index in [1.165, 1.54) is 0 Å². The summed E-state index contributed by atoms with van der Waals surface area (Å²) >= 11 is 0. The summed E-state index contributed by atoms with van der Waals surface area (Å²) in [6.45, 7) is 0. The molecule has 16 heteroatoms. The molecule has 28 heavy (non-hydrogen) atoms. The Hall–Kier alpha value is -0.689. The first-order valence-corrected chi connectivity index (χ1v) is 6.23. The summed E-state index contributed by atoms with van der Waals surface area (Å²) in [7, 11) is 0. The molecule has 0 saturated heterocycles. The van der Waals surface area contributed by atoms with Crippen molar-refractivity contribution in [3.05, 3.63) is 0 Å². The Bertz CT molecular complexity index is 519. The molecule has 0 fully saturated rings. The van der Waals surface area contributed by atoms with Gasteiger partial charge in [0.25, 0.3) is 0 Å². The molecule has 0 rings (SSSR count). The molecule has 0 aromatic heterocycles. The van der Waals surface area contributed by atoms with Crippen LogP contribution in [0.15, 0.2) is 0 Å². The standard InChI is InChI=1S/2C6H8O7.Ce.La/c2*7-3(8)1-6(13,5(11)12)2-4(9)10;;/h2*13H,1-2H2,(H,7,8)(H,9,10)(H,11,12);;/q;;2*+3/p-6. The number of carboxylic acid groups (broad SMARTS) is 6. The molecule has 149 valence electrons. The number of hydrogen-bond donors (Lipinski definition) is 2. The van der Waals surface area contributed by atoms with E-state index in [9.17, 15) is 59.4 Å². The summed E-state index contributed by atoms with van der Waals surface area (Å²) < 4.78 is 0. The SMILES string of the molecule is O=C([O-])CC(O)(CC(=O)[O-])C(=O)[O-].O=C([O-])CC(O)(CC(=O)[O-])C(=O)[O-].[Ce+3].[La+3]. The van der Waals surface area contributed by atoms with Gasteiger partial charge in [0.15, 0.2) is 0 Å². The molecule has 0 unspecified atom stereocenters. The molecule has 0 aromatic rings. The molecule has 2 N–H and O–H groups in total. The van der Waals surface area contributed by atoms with Gasteiger partial charge in [-0.1, -0.05) is 0 Å². The Morgan fingerprint density at radius 3 is 0.750 bits per heavy atom. The van der Waals surface area contributed by atoms with Crippen LogP contribution in [0.4, 0.5) is 0 Å². The third-order valence-corrected chi connectivity index (χ3v) is 2.51. The minimum Gasteiger partial charge on any atom is -0.550 e. The summed E-state index contributed by atoms with van der Waals surface area (Å²) in [6, 6.07) is 0. The second-order valence-electron chi connectivity index (χ2n) is 4.83. The first-order chi connectivity index (χ1) is 11.6. The van der Waals surface area contributed by atoms with E-state index in [0.29, 0.717) is 0 Å². The maximum Gasteiger partial charge on any atom is 3.00 e. The predicted octanol–water partition coefficient (Wildman–Crippen LogP) is -10.5. The van der Waals surface area contributed by atoms with Crippen LogP contribution in [0.2, 0.25) is 0 Å². The molecule has 1 radical (unpaired) electrons. The molecule has 0 spiro atoms. The first kappa shape index (κ1) is 34.8. The predicted molar refractivity (Wildman–Crippen MR) is 58.4 cm³/mol. The zero-order valence-corrected chi connectivity index (χ0v) is 20.5. The number of hydrogen-bond acceptors (Lipinski definition) is 14. The Morgan fingerprint density at radius 2 is 0.679 bits per heavy atom. The Labute approximate surface area is 217 Å². The zero-order chi connectivity index (χ0) is 21.3. The van der Waals surface area contributed by atoms with Crippen LogP contribution >= 0.6 is 0 Å². The van der Waals surface area contributed by atoms with Crippen LogP contribution in [-0.2, 0) is 28.8 Å². The van der Waals surface area contributed by atoms with Crippen molar-refractivity contribution in [3.8, 4) is 0 Å². The topological polar surface area (TPSA) is 281 Å². The van der Waals surface area contributed by atoms with Gasteiger partial charge in [-0.15, -0.1) is 0 Å². The average molecular weight is 657 g/mol. The fraction of sp³-hybridized carbons (Fsp3) is 0.500. The van der Waals surface area contributed by atoms with Gasteiger partial charge >= 0.3 is 77.3 Å². The largest absolute Gasteiger partial charge is 3.00 e. The maximum atomic E-state index is 10.1. The quantitative estimate of drug-likeness (QED) is 0.221. The molecule has 0 aliphatic carbocycles. The number of aliphatic hydroxyl groups is 2.